The number of rotatable bonds is 3. The zero-order valence-electron chi connectivity index (χ0n) is 18.4. The summed E-state index contributed by atoms with van der Waals surface area (Å²) in [5.74, 6) is -0.353. The Morgan fingerprint density at radius 1 is 1.09 bits per heavy atom. The van der Waals surface area contributed by atoms with Gasteiger partial charge in [-0.3, -0.25) is 9.59 Å². The smallest absolute Gasteiger partial charge is 0.278 e. The first kappa shape index (κ1) is 21.2. The second kappa shape index (κ2) is 8.37. The number of hydrogen-bond acceptors (Lipinski definition) is 3. The summed E-state index contributed by atoms with van der Waals surface area (Å²) in [4.78, 5) is 31.0. The van der Waals surface area contributed by atoms with Crippen LogP contribution in [0.2, 0.25) is 5.02 Å². The average Bonchev–Trinajstić information content (AvgIpc) is 3.15. The van der Waals surface area contributed by atoms with E-state index in [0.717, 1.165) is 16.9 Å². The van der Waals surface area contributed by atoms with Crippen molar-refractivity contribution >= 4 is 34.0 Å². The fraction of sp³-hybridized carbons (Fsp3) is 0.192. The molecule has 4 aromatic rings. The van der Waals surface area contributed by atoms with Gasteiger partial charge in [-0.1, -0.05) is 35.9 Å². The van der Waals surface area contributed by atoms with Gasteiger partial charge in [-0.2, -0.15) is 5.10 Å². The normalized spacial score (nSPS) is 13.9. The quantitative estimate of drug-likeness (QED) is 0.474. The molecule has 7 heteroatoms. The SMILES string of the molecule is Cc1[nH]c2ccccc2c1C1=CCN(C(=O)c2nn(-c3ccc(Cl)cc3)c(C)cc2=O)CC1. The Bertz CT molecular complexity index is 1460. The van der Waals surface area contributed by atoms with Gasteiger partial charge in [0.15, 0.2) is 5.69 Å². The maximum Gasteiger partial charge on any atom is 0.278 e. The lowest BCUT2D eigenvalue weighted by atomic mass is 9.96. The molecule has 0 aliphatic carbocycles. The van der Waals surface area contributed by atoms with Crippen molar-refractivity contribution in [1.82, 2.24) is 19.7 Å². The van der Waals surface area contributed by atoms with Gasteiger partial charge in [0.2, 0.25) is 5.43 Å². The summed E-state index contributed by atoms with van der Waals surface area (Å²) in [6.07, 6.45) is 2.79. The van der Waals surface area contributed by atoms with Crippen LogP contribution in [0.5, 0.6) is 0 Å². The van der Waals surface area contributed by atoms with Crippen LogP contribution in [0.15, 0.2) is 65.5 Å². The van der Waals surface area contributed by atoms with E-state index in [9.17, 15) is 9.59 Å². The molecule has 1 amide bonds. The Labute approximate surface area is 196 Å². The second-order valence-corrected chi connectivity index (χ2v) is 8.72. The van der Waals surface area contributed by atoms with Crippen LogP contribution in [0.3, 0.4) is 0 Å². The van der Waals surface area contributed by atoms with Crippen molar-refractivity contribution in [2.24, 2.45) is 0 Å². The number of carbonyl (C=O) groups is 1. The van der Waals surface area contributed by atoms with E-state index in [1.165, 1.54) is 22.6 Å². The van der Waals surface area contributed by atoms with Gasteiger partial charge in [0.25, 0.3) is 5.91 Å². The average molecular weight is 459 g/mol. The highest BCUT2D eigenvalue weighted by Gasteiger charge is 2.25. The van der Waals surface area contributed by atoms with E-state index in [2.05, 4.69) is 35.2 Å². The van der Waals surface area contributed by atoms with Crippen LogP contribution in [0, 0.1) is 13.8 Å². The van der Waals surface area contributed by atoms with E-state index in [1.807, 2.05) is 12.1 Å². The zero-order chi connectivity index (χ0) is 23.1. The fourth-order valence-electron chi connectivity index (χ4n) is 4.46. The molecule has 0 unspecified atom stereocenters. The Morgan fingerprint density at radius 2 is 1.85 bits per heavy atom. The third kappa shape index (κ3) is 3.87. The van der Waals surface area contributed by atoms with Gasteiger partial charge in [0.05, 0.1) is 5.69 Å². The minimum atomic E-state index is -0.370. The van der Waals surface area contributed by atoms with E-state index in [-0.39, 0.29) is 17.0 Å². The molecule has 166 valence electrons. The van der Waals surface area contributed by atoms with Crippen LogP contribution in [0.4, 0.5) is 0 Å². The number of aromatic nitrogens is 3. The molecule has 0 spiro atoms. The van der Waals surface area contributed by atoms with Gasteiger partial charge < -0.3 is 9.88 Å². The van der Waals surface area contributed by atoms with Crippen molar-refractivity contribution in [1.29, 1.82) is 0 Å². The van der Waals surface area contributed by atoms with Crippen molar-refractivity contribution in [3.63, 3.8) is 0 Å². The number of halogens is 1. The molecule has 1 N–H and O–H groups in total. The molecule has 0 fully saturated rings. The number of nitrogens with one attached hydrogen (secondary N) is 1. The van der Waals surface area contributed by atoms with Gasteiger partial charge in [-0.15, -0.1) is 0 Å². The number of aromatic amines is 1. The highest BCUT2D eigenvalue weighted by Crippen LogP contribution is 2.32. The van der Waals surface area contributed by atoms with Crippen LogP contribution in [-0.4, -0.2) is 38.7 Å². The topological polar surface area (TPSA) is 71.0 Å². The van der Waals surface area contributed by atoms with Crippen molar-refractivity contribution in [3.8, 4) is 5.69 Å². The number of hydrogen-bond donors (Lipinski definition) is 1. The molecule has 33 heavy (non-hydrogen) atoms. The van der Waals surface area contributed by atoms with Crippen molar-refractivity contribution in [3.05, 3.63) is 98.6 Å². The molecule has 6 nitrogen and oxygen atoms in total. The van der Waals surface area contributed by atoms with Crippen LogP contribution in [-0.2, 0) is 0 Å². The predicted octanol–water partition coefficient (Wildman–Crippen LogP) is 4.91. The molecule has 2 aromatic carbocycles. The molecular weight excluding hydrogens is 436 g/mol. The molecule has 2 aromatic heterocycles. The monoisotopic (exact) mass is 458 g/mol. The first-order chi connectivity index (χ1) is 15.9. The summed E-state index contributed by atoms with van der Waals surface area (Å²) in [6.45, 7) is 4.82. The Hall–Kier alpha value is -3.64. The lowest BCUT2D eigenvalue weighted by Gasteiger charge is -2.26. The lowest BCUT2D eigenvalue weighted by Crippen LogP contribution is -2.38. The van der Waals surface area contributed by atoms with E-state index >= 15 is 0 Å². The summed E-state index contributed by atoms with van der Waals surface area (Å²) in [6, 6.07) is 16.8. The molecule has 5 rings (SSSR count). The molecule has 0 bridgehead atoms. The van der Waals surface area contributed by atoms with E-state index in [1.54, 1.807) is 40.8 Å². The Balaban J connectivity index is 1.44. The summed E-state index contributed by atoms with van der Waals surface area (Å²) in [5.41, 5.74) is 5.58. The number of amides is 1. The lowest BCUT2D eigenvalue weighted by molar-refractivity contribution is 0.0763. The van der Waals surface area contributed by atoms with Crippen molar-refractivity contribution in [2.75, 3.05) is 13.1 Å². The van der Waals surface area contributed by atoms with E-state index in [4.69, 9.17) is 11.6 Å². The molecule has 0 radical (unpaired) electrons. The Morgan fingerprint density at radius 3 is 2.58 bits per heavy atom. The molecule has 0 saturated heterocycles. The zero-order valence-corrected chi connectivity index (χ0v) is 19.2. The Kier molecular flexibility index (Phi) is 5.38. The van der Waals surface area contributed by atoms with Crippen molar-refractivity contribution in [2.45, 2.75) is 20.3 Å². The minimum absolute atomic E-state index is 0.0734. The number of carbonyl (C=O) groups excluding carboxylic acids is 1. The number of para-hydroxylation sites is 1. The minimum Gasteiger partial charge on any atom is -0.358 e. The van der Waals surface area contributed by atoms with Crippen molar-refractivity contribution < 1.29 is 4.79 Å². The molecular formula is C26H23ClN4O2. The van der Waals surface area contributed by atoms with E-state index in [0.29, 0.717) is 30.2 Å². The van der Waals surface area contributed by atoms with Crippen LogP contribution >= 0.6 is 11.6 Å². The largest absolute Gasteiger partial charge is 0.358 e. The number of fused-ring (bicyclic) bond motifs is 1. The first-order valence-electron chi connectivity index (χ1n) is 10.9. The number of H-pyrrole nitrogens is 1. The summed E-state index contributed by atoms with van der Waals surface area (Å²) >= 11 is 5.99. The van der Waals surface area contributed by atoms with Gasteiger partial charge >= 0.3 is 0 Å². The summed E-state index contributed by atoms with van der Waals surface area (Å²) in [5, 5.41) is 6.21. The highest BCUT2D eigenvalue weighted by atomic mass is 35.5. The highest BCUT2D eigenvalue weighted by molar-refractivity contribution is 6.30. The maximum absolute atomic E-state index is 13.2. The van der Waals surface area contributed by atoms with Gasteiger partial charge in [0.1, 0.15) is 0 Å². The fourth-order valence-corrected chi connectivity index (χ4v) is 4.59. The maximum atomic E-state index is 13.2. The molecule has 1 aliphatic heterocycles. The standard InChI is InChI=1S/C26H23ClN4O2/c1-16-15-23(32)25(29-31(16)20-9-7-19(27)8-10-20)26(33)30-13-11-18(12-14-30)24-17(2)28-22-6-4-3-5-21(22)24/h3-11,15,28H,12-14H2,1-2H3. The molecule has 0 saturated carbocycles. The third-order valence-corrected chi connectivity index (χ3v) is 6.34. The van der Waals surface area contributed by atoms with Crippen LogP contribution < -0.4 is 5.43 Å². The van der Waals surface area contributed by atoms with Crippen LogP contribution in [0.25, 0.3) is 22.2 Å². The van der Waals surface area contributed by atoms with E-state index < -0.39 is 0 Å². The first-order valence-corrected chi connectivity index (χ1v) is 11.2. The molecule has 1 aliphatic rings. The molecule has 3 heterocycles. The number of benzene rings is 2. The summed E-state index contributed by atoms with van der Waals surface area (Å²) in [7, 11) is 0. The molecule has 0 atom stereocenters. The van der Waals surface area contributed by atoms with Gasteiger partial charge in [0, 0.05) is 52.0 Å². The number of nitrogens with zero attached hydrogens (tertiary/aromatic N) is 3. The predicted molar refractivity (Wildman–Crippen MR) is 131 cm³/mol. The second-order valence-electron chi connectivity index (χ2n) is 8.29. The third-order valence-electron chi connectivity index (χ3n) is 6.09. The summed E-state index contributed by atoms with van der Waals surface area (Å²) < 4.78 is 1.60. The van der Waals surface area contributed by atoms with Crippen LogP contribution in [0.1, 0.15) is 33.9 Å². The van der Waals surface area contributed by atoms with Gasteiger partial charge in [-0.05, 0) is 56.2 Å². The number of aryl methyl sites for hydroxylation is 2. The van der Waals surface area contributed by atoms with Gasteiger partial charge in [-0.25, -0.2) is 4.68 Å².